The number of alkyl halides is 2. The molecule has 0 aliphatic heterocycles. The molecule has 0 saturated carbocycles. The standard InChI is InChI=1S/C7H6F3N/c8-7(9,11-10)6-4-2-1-3-5-6/h1-5,11H. The van der Waals surface area contributed by atoms with Crippen LogP contribution in [0.2, 0.25) is 0 Å². The fraction of sp³-hybridized carbons (Fsp3) is 0.143. The molecule has 4 heteroatoms. The Hall–Kier alpha value is -1.03. The summed E-state index contributed by atoms with van der Waals surface area (Å²) < 4.78 is 36.3. The van der Waals surface area contributed by atoms with E-state index in [0.717, 1.165) is 12.1 Å². The molecule has 0 heterocycles. The van der Waals surface area contributed by atoms with E-state index in [4.69, 9.17) is 0 Å². The highest BCUT2D eigenvalue weighted by molar-refractivity contribution is 5.18. The van der Waals surface area contributed by atoms with E-state index in [9.17, 15) is 13.3 Å². The molecule has 0 bridgehead atoms. The van der Waals surface area contributed by atoms with Crippen molar-refractivity contribution in [3.05, 3.63) is 35.9 Å². The van der Waals surface area contributed by atoms with Gasteiger partial charge in [0, 0.05) is 5.56 Å². The van der Waals surface area contributed by atoms with E-state index < -0.39 is 6.05 Å². The van der Waals surface area contributed by atoms with E-state index in [0.29, 0.717) is 5.54 Å². The van der Waals surface area contributed by atoms with Crippen LogP contribution in [0.25, 0.3) is 0 Å². The molecule has 60 valence electrons. The first-order chi connectivity index (χ1) is 5.17. The zero-order valence-electron chi connectivity index (χ0n) is 5.52. The molecule has 0 unspecified atom stereocenters. The molecular weight excluding hydrogens is 155 g/mol. The molecule has 0 atom stereocenters. The Morgan fingerprint density at radius 1 is 1.09 bits per heavy atom. The number of nitrogens with one attached hydrogen (secondary N) is 1. The maximum absolute atomic E-state index is 12.4. The Morgan fingerprint density at radius 3 is 2.09 bits per heavy atom. The molecule has 11 heavy (non-hydrogen) atoms. The Bertz CT molecular complexity index is 222. The van der Waals surface area contributed by atoms with Crippen molar-refractivity contribution >= 4 is 0 Å². The van der Waals surface area contributed by atoms with Gasteiger partial charge in [-0.05, 0) is 0 Å². The highest BCUT2D eigenvalue weighted by Crippen LogP contribution is 2.23. The van der Waals surface area contributed by atoms with Crippen LogP contribution < -0.4 is 5.54 Å². The van der Waals surface area contributed by atoms with Gasteiger partial charge in [-0.1, -0.05) is 35.9 Å². The second-order valence-electron chi connectivity index (χ2n) is 2.03. The molecule has 0 aromatic heterocycles. The fourth-order valence-corrected chi connectivity index (χ4v) is 0.702. The van der Waals surface area contributed by atoms with E-state index in [-0.39, 0.29) is 5.56 Å². The van der Waals surface area contributed by atoms with Gasteiger partial charge in [0.05, 0.1) is 0 Å². The second-order valence-corrected chi connectivity index (χ2v) is 2.03. The zero-order valence-corrected chi connectivity index (χ0v) is 5.52. The van der Waals surface area contributed by atoms with Crippen LogP contribution in [0, 0.1) is 0 Å². The van der Waals surface area contributed by atoms with Gasteiger partial charge < -0.3 is 0 Å². The molecule has 1 aromatic carbocycles. The zero-order chi connectivity index (χ0) is 8.32. The first-order valence-corrected chi connectivity index (χ1v) is 2.98. The van der Waals surface area contributed by atoms with Gasteiger partial charge in [-0.25, -0.2) is 0 Å². The van der Waals surface area contributed by atoms with Gasteiger partial charge in [0.1, 0.15) is 0 Å². The minimum atomic E-state index is -3.58. The third-order valence-corrected chi connectivity index (χ3v) is 1.26. The van der Waals surface area contributed by atoms with Crippen LogP contribution in [0.5, 0.6) is 0 Å². The van der Waals surface area contributed by atoms with Crippen LogP contribution in [-0.4, -0.2) is 0 Å². The number of rotatable bonds is 2. The van der Waals surface area contributed by atoms with Crippen LogP contribution in [0.1, 0.15) is 5.56 Å². The summed E-state index contributed by atoms with van der Waals surface area (Å²) in [6.07, 6.45) is 0. The molecule has 0 spiro atoms. The molecule has 1 N–H and O–H groups in total. The SMILES string of the molecule is FNC(F)(F)c1ccccc1. The second kappa shape index (κ2) is 2.92. The summed E-state index contributed by atoms with van der Waals surface area (Å²) >= 11 is 0. The van der Waals surface area contributed by atoms with Crippen molar-refractivity contribution in [3.8, 4) is 0 Å². The Kier molecular flexibility index (Phi) is 2.14. The van der Waals surface area contributed by atoms with E-state index >= 15 is 0 Å². The fourth-order valence-electron chi connectivity index (χ4n) is 0.702. The molecule has 0 amide bonds. The summed E-state index contributed by atoms with van der Waals surface area (Å²) in [4.78, 5) is 0. The van der Waals surface area contributed by atoms with Gasteiger partial charge in [0.15, 0.2) is 0 Å². The van der Waals surface area contributed by atoms with Crippen molar-refractivity contribution in [2.75, 3.05) is 0 Å². The van der Waals surface area contributed by atoms with Gasteiger partial charge in [0.25, 0.3) is 0 Å². The maximum atomic E-state index is 12.4. The van der Waals surface area contributed by atoms with Gasteiger partial charge in [-0.15, -0.1) is 4.48 Å². The van der Waals surface area contributed by atoms with Gasteiger partial charge >= 0.3 is 6.05 Å². The maximum Gasteiger partial charge on any atom is 0.354 e. The highest BCUT2D eigenvalue weighted by Gasteiger charge is 2.30. The predicted molar refractivity (Wildman–Crippen MR) is 34.6 cm³/mol. The lowest BCUT2D eigenvalue weighted by Gasteiger charge is -2.11. The van der Waals surface area contributed by atoms with Crippen LogP contribution in [-0.2, 0) is 6.05 Å². The Morgan fingerprint density at radius 2 is 1.64 bits per heavy atom. The third-order valence-electron chi connectivity index (χ3n) is 1.26. The first-order valence-electron chi connectivity index (χ1n) is 2.98. The number of hydrogen-bond acceptors (Lipinski definition) is 1. The quantitative estimate of drug-likeness (QED) is 0.518. The lowest BCUT2D eigenvalue weighted by Crippen LogP contribution is -2.26. The molecule has 0 saturated heterocycles. The monoisotopic (exact) mass is 161 g/mol. The van der Waals surface area contributed by atoms with Crippen LogP contribution in [0.4, 0.5) is 13.3 Å². The average Bonchev–Trinajstić information content (AvgIpc) is 2.06. The summed E-state index contributed by atoms with van der Waals surface area (Å²) in [5.41, 5.74) is 0.0377. The Labute approximate surface area is 61.8 Å². The van der Waals surface area contributed by atoms with Gasteiger partial charge in [-0.2, -0.15) is 8.78 Å². The van der Waals surface area contributed by atoms with Gasteiger partial charge in [-0.3, -0.25) is 0 Å². The molecular formula is C7H6F3N. The van der Waals surface area contributed by atoms with Crippen molar-refractivity contribution in [2.45, 2.75) is 6.05 Å². The summed E-state index contributed by atoms with van der Waals surface area (Å²) in [5.74, 6) is 0. The van der Waals surface area contributed by atoms with Gasteiger partial charge in [0.2, 0.25) is 0 Å². The van der Waals surface area contributed by atoms with E-state index in [1.165, 1.54) is 12.1 Å². The van der Waals surface area contributed by atoms with Crippen molar-refractivity contribution in [1.82, 2.24) is 5.54 Å². The Balaban J connectivity index is 2.93. The first kappa shape index (κ1) is 8.07. The lowest BCUT2D eigenvalue weighted by atomic mass is 10.2. The molecule has 1 nitrogen and oxygen atoms in total. The van der Waals surface area contributed by atoms with E-state index in [1.807, 2.05) is 0 Å². The highest BCUT2D eigenvalue weighted by atomic mass is 19.3. The smallest absolute Gasteiger partial charge is 0.181 e. The van der Waals surface area contributed by atoms with Crippen LogP contribution in [0.15, 0.2) is 30.3 Å². The van der Waals surface area contributed by atoms with Crippen LogP contribution >= 0.6 is 0 Å². The van der Waals surface area contributed by atoms with E-state index in [1.54, 1.807) is 6.07 Å². The lowest BCUT2D eigenvalue weighted by molar-refractivity contribution is -0.0941. The topological polar surface area (TPSA) is 12.0 Å². The van der Waals surface area contributed by atoms with Crippen molar-refractivity contribution in [2.24, 2.45) is 0 Å². The van der Waals surface area contributed by atoms with Crippen molar-refractivity contribution in [3.63, 3.8) is 0 Å². The minimum Gasteiger partial charge on any atom is -0.181 e. The van der Waals surface area contributed by atoms with Crippen LogP contribution in [0.3, 0.4) is 0 Å². The third kappa shape index (κ3) is 1.71. The molecule has 0 radical (unpaired) electrons. The molecule has 1 rings (SSSR count). The largest absolute Gasteiger partial charge is 0.354 e. The minimum absolute atomic E-state index is 0.387. The molecule has 1 aromatic rings. The molecule has 0 aliphatic rings. The molecule has 0 fully saturated rings. The van der Waals surface area contributed by atoms with Crippen molar-refractivity contribution in [1.29, 1.82) is 0 Å². The summed E-state index contributed by atoms with van der Waals surface area (Å²) in [6, 6.07) is 3.12. The summed E-state index contributed by atoms with van der Waals surface area (Å²) in [5, 5.41) is 0. The van der Waals surface area contributed by atoms with Crippen molar-refractivity contribution < 1.29 is 13.3 Å². The predicted octanol–water partition coefficient (Wildman–Crippen LogP) is 2.21. The number of halogens is 3. The average molecular weight is 161 g/mol. The van der Waals surface area contributed by atoms with E-state index in [2.05, 4.69) is 0 Å². The summed E-state index contributed by atoms with van der Waals surface area (Å²) in [7, 11) is 0. The normalized spacial score (nSPS) is 11.5. The molecule has 0 aliphatic carbocycles. The number of hydrogen-bond donors (Lipinski definition) is 1. The summed E-state index contributed by atoms with van der Waals surface area (Å²) in [6.45, 7) is 0. The number of benzene rings is 1.